The van der Waals surface area contributed by atoms with Gasteiger partial charge in [-0.1, -0.05) is 0 Å². The van der Waals surface area contributed by atoms with Gasteiger partial charge in [-0.25, -0.2) is 14.0 Å². The van der Waals surface area contributed by atoms with Crippen molar-refractivity contribution in [3.8, 4) is 22.4 Å². The number of aromatic amines is 1. The van der Waals surface area contributed by atoms with Crippen LogP contribution in [0.1, 0.15) is 10.5 Å². The van der Waals surface area contributed by atoms with Gasteiger partial charge in [-0.3, -0.25) is 14.9 Å². The molecule has 0 bridgehead atoms. The number of piperazine rings is 1. The number of hydrogen-bond acceptors (Lipinski definition) is 6. The lowest BCUT2D eigenvalue weighted by molar-refractivity contribution is -0.193. The maximum absolute atomic E-state index is 13.3. The van der Waals surface area contributed by atoms with Gasteiger partial charge in [0.25, 0.3) is 5.91 Å². The van der Waals surface area contributed by atoms with Crippen LogP contribution in [-0.2, 0) is 9.59 Å². The molecule has 3 aromatic rings. The molecule has 0 atom stereocenters. The maximum Gasteiger partial charge on any atom is 0.490 e. The number of carboxylic acid groups (broad SMARTS) is 2. The number of halogens is 7. The zero-order chi connectivity index (χ0) is 30.1. The van der Waals surface area contributed by atoms with Gasteiger partial charge in [-0.2, -0.15) is 31.4 Å². The number of H-pyrrole nitrogens is 1. The molecule has 0 radical (unpaired) electrons. The number of nitrogens with zero attached hydrogens (tertiary/aromatic N) is 3. The zero-order valence-corrected chi connectivity index (χ0v) is 20.1. The van der Waals surface area contributed by atoms with Gasteiger partial charge in [-0.05, 0) is 42.0 Å². The van der Waals surface area contributed by atoms with E-state index >= 15 is 0 Å². The summed E-state index contributed by atoms with van der Waals surface area (Å²) in [5.41, 5.74) is 3.38. The summed E-state index contributed by atoms with van der Waals surface area (Å²) < 4.78 is 76.8. The van der Waals surface area contributed by atoms with Gasteiger partial charge in [0.15, 0.2) is 5.69 Å². The lowest BCUT2D eigenvalue weighted by atomic mass is 9.99. The number of aliphatic carboxylic acids is 2. The maximum atomic E-state index is 13.3. The molecule has 0 saturated carbocycles. The number of rotatable bonds is 3. The predicted octanol–water partition coefficient (Wildman–Crippen LogP) is 3.59. The van der Waals surface area contributed by atoms with E-state index in [1.807, 2.05) is 12.1 Å². The molecule has 17 heteroatoms. The molecular weight excluding hydrogens is 559 g/mol. The zero-order valence-electron chi connectivity index (χ0n) is 20.1. The second-order valence-corrected chi connectivity index (χ2v) is 7.71. The van der Waals surface area contributed by atoms with E-state index in [1.165, 1.54) is 12.1 Å². The molecule has 0 spiro atoms. The lowest BCUT2D eigenvalue weighted by Gasteiger charge is -2.27. The minimum atomic E-state index is -5.08. The van der Waals surface area contributed by atoms with Crippen molar-refractivity contribution in [1.29, 1.82) is 0 Å². The Balaban J connectivity index is 0.000000333. The second-order valence-electron chi connectivity index (χ2n) is 7.71. The molecule has 0 aliphatic carbocycles. The Hall–Kier alpha value is -4.54. The molecule has 1 aromatic carbocycles. The van der Waals surface area contributed by atoms with E-state index in [-0.39, 0.29) is 11.7 Å². The quantitative estimate of drug-likeness (QED) is 0.344. The highest BCUT2D eigenvalue weighted by molar-refractivity contribution is 6.02. The van der Waals surface area contributed by atoms with E-state index in [1.54, 1.807) is 29.4 Å². The highest BCUT2D eigenvalue weighted by Crippen LogP contribution is 2.33. The molecule has 3 heterocycles. The highest BCUT2D eigenvalue weighted by atomic mass is 19.4. The highest BCUT2D eigenvalue weighted by Gasteiger charge is 2.38. The number of carboxylic acids is 2. The standard InChI is InChI=1S/C19H18FN5O.2C2HF3O2/c20-15-3-1-14(2-4-15)17-16(13-5-7-21-8-6-13)18(24-23-17)19(26)25-11-9-22-10-12-25;2*3-2(4,5)1(6)7/h1-8,22H,9-12H2,(H,23,24);2*(H,6,7). The number of nitrogens with one attached hydrogen (secondary N) is 2. The Morgan fingerprint density at radius 2 is 1.27 bits per heavy atom. The third-order valence-electron chi connectivity index (χ3n) is 4.96. The Kier molecular flexibility index (Phi) is 10.7. The van der Waals surface area contributed by atoms with Gasteiger partial charge >= 0.3 is 24.3 Å². The summed E-state index contributed by atoms with van der Waals surface area (Å²) in [5, 5.41) is 24.8. The first-order chi connectivity index (χ1) is 18.6. The normalized spacial score (nSPS) is 13.3. The second kappa shape index (κ2) is 13.5. The van der Waals surface area contributed by atoms with Crippen LogP contribution in [0, 0.1) is 5.82 Å². The van der Waals surface area contributed by atoms with Crippen LogP contribution in [0.3, 0.4) is 0 Å². The topological polar surface area (TPSA) is 149 Å². The van der Waals surface area contributed by atoms with Crippen LogP contribution in [0.5, 0.6) is 0 Å². The average molecular weight is 579 g/mol. The lowest BCUT2D eigenvalue weighted by Crippen LogP contribution is -2.46. The molecule has 1 amide bonds. The molecule has 2 aromatic heterocycles. The molecule has 216 valence electrons. The van der Waals surface area contributed by atoms with E-state index in [2.05, 4.69) is 20.5 Å². The van der Waals surface area contributed by atoms with Crippen molar-refractivity contribution in [3.05, 3.63) is 60.3 Å². The van der Waals surface area contributed by atoms with Crippen LogP contribution in [0.15, 0.2) is 48.8 Å². The first-order valence-electron chi connectivity index (χ1n) is 11.0. The monoisotopic (exact) mass is 579 g/mol. The number of aromatic nitrogens is 3. The number of amides is 1. The summed E-state index contributed by atoms with van der Waals surface area (Å²) in [5.74, 6) is -5.93. The molecule has 1 aliphatic rings. The Bertz CT molecular complexity index is 1270. The molecule has 40 heavy (non-hydrogen) atoms. The van der Waals surface area contributed by atoms with Crippen LogP contribution in [0.4, 0.5) is 30.7 Å². The van der Waals surface area contributed by atoms with Crippen LogP contribution in [0.25, 0.3) is 22.4 Å². The van der Waals surface area contributed by atoms with Crippen molar-refractivity contribution in [2.75, 3.05) is 26.2 Å². The number of hydrogen-bond donors (Lipinski definition) is 4. The third kappa shape index (κ3) is 9.04. The molecular formula is C23H20F7N5O5. The van der Waals surface area contributed by atoms with E-state index in [0.29, 0.717) is 30.0 Å². The first kappa shape index (κ1) is 31.7. The van der Waals surface area contributed by atoms with Gasteiger partial charge in [0.1, 0.15) is 5.82 Å². The van der Waals surface area contributed by atoms with Gasteiger partial charge in [0, 0.05) is 49.7 Å². The average Bonchev–Trinajstić information content (AvgIpc) is 3.34. The van der Waals surface area contributed by atoms with Gasteiger partial charge in [0.2, 0.25) is 0 Å². The Morgan fingerprint density at radius 3 is 1.73 bits per heavy atom. The summed E-state index contributed by atoms with van der Waals surface area (Å²) in [7, 11) is 0. The van der Waals surface area contributed by atoms with Crippen LogP contribution in [0.2, 0.25) is 0 Å². The summed E-state index contributed by atoms with van der Waals surface area (Å²) >= 11 is 0. The summed E-state index contributed by atoms with van der Waals surface area (Å²) in [6, 6.07) is 9.81. The van der Waals surface area contributed by atoms with Crippen LogP contribution >= 0.6 is 0 Å². The van der Waals surface area contributed by atoms with Crippen molar-refractivity contribution in [2.24, 2.45) is 0 Å². The SMILES string of the molecule is O=C(O)C(F)(F)F.O=C(O)C(F)(F)F.O=C(c1n[nH]c(-c2ccc(F)cc2)c1-c1ccncc1)N1CCNCC1. The van der Waals surface area contributed by atoms with Crippen LogP contribution in [-0.4, -0.2) is 86.7 Å². The van der Waals surface area contributed by atoms with Gasteiger partial charge in [-0.15, -0.1) is 0 Å². The molecule has 1 fully saturated rings. The fraction of sp³-hybridized carbons (Fsp3) is 0.261. The summed E-state index contributed by atoms with van der Waals surface area (Å²) in [6.45, 7) is 2.83. The number of alkyl halides is 6. The smallest absolute Gasteiger partial charge is 0.475 e. The van der Waals surface area contributed by atoms with Crippen molar-refractivity contribution in [1.82, 2.24) is 25.4 Å². The molecule has 4 N–H and O–H groups in total. The number of carbonyl (C=O) groups is 3. The van der Waals surface area contributed by atoms with Gasteiger partial charge < -0.3 is 20.4 Å². The third-order valence-corrected chi connectivity index (χ3v) is 4.96. The van der Waals surface area contributed by atoms with Crippen molar-refractivity contribution in [3.63, 3.8) is 0 Å². The molecule has 1 aliphatic heterocycles. The fourth-order valence-electron chi connectivity index (χ4n) is 3.14. The number of carbonyl (C=O) groups excluding carboxylic acids is 1. The Morgan fingerprint density at radius 1 is 0.800 bits per heavy atom. The summed E-state index contributed by atoms with van der Waals surface area (Å²) in [6.07, 6.45) is -6.81. The predicted molar refractivity (Wildman–Crippen MR) is 123 cm³/mol. The minimum absolute atomic E-state index is 0.108. The van der Waals surface area contributed by atoms with E-state index in [0.717, 1.165) is 24.2 Å². The molecule has 10 nitrogen and oxygen atoms in total. The minimum Gasteiger partial charge on any atom is -0.475 e. The van der Waals surface area contributed by atoms with E-state index < -0.39 is 24.3 Å². The summed E-state index contributed by atoms with van der Waals surface area (Å²) in [4.78, 5) is 36.7. The van der Waals surface area contributed by atoms with Crippen molar-refractivity contribution < 1.29 is 55.3 Å². The fourth-order valence-corrected chi connectivity index (χ4v) is 3.14. The largest absolute Gasteiger partial charge is 0.490 e. The first-order valence-corrected chi connectivity index (χ1v) is 11.0. The van der Waals surface area contributed by atoms with E-state index in [9.17, 15) is 35.5 Å². The number of benzene rings is 1. The number of pyridine rings is 1. The molecule has 4 rings (SSSR count). The molecule has 0 unspecified atom stereocenters. The van der Waals surface area contributed by atoms with Crippen molar-refractivity contribution >= 4 is 17.8 Å². The van der Waals surface area contributed by atoms with Crippen molar-refractivity contribution in [2.45, 2.75) is 12.4 Å². The molecule has 1 saturated heterocycles. The Labute approximate surface area is 220 Å². The van der Waals surface area contributed by atoms with E-state index in [4.69, 9.17) is 19.8 Å². The van der Waals surface area contributed by atoms with Gasteiger partial charge in [0.05, 0.1) is 5.69 Å². The van der Waals surface area contributed by atoms with Crippen LogP contribution < -0.4 is 5.32 Å².